The van der Waals surface area contributed by atoms with Crippen LogP contribution in [0, 0.1) is 0 Å². The number of ether oxygens (including phenoxy) is 1. The molecule has 1 aromatic carbocycles. The topological polar surface area (TPSA) is 116 Å². The summed E-state index contributed by atoms with van der Waals surface area (Å²) in [6.45, 7) is 3.58. The zero-order valence-electron chi connectivity index (χ0n) is 16.3. The van der Waals surface area contributed by atoms with E-state index in [2.05, 4.69) is 11.9 Å². The number of likely N-dealkylation sites (N-methyl/N-ethyl adjacent to an activating group) is 1. The van der Waals surface area contributed by atoms with Crippen LogP contribution in [0.2, 0.25) is 5.02 Å². The van der Waals surface area contributed by atoms with Crippen molar-refractivity contribution in [2.75, 3.05) is 51.7 Å². The third kappa shape index (κ3) is 4.42. The fourth-order valence-electron chi connectivity index (χ4n) is 3.13. The molecule has 2 heterocycles. The first kappa shape index (κ1) is 22.1. The van der Waals surface area contributed by atoms with E-state index in [1.54, 1.807) is 0 Å². The Morgan fingerprint density at radius 3 is 2.60 bits per heavy atom. The molecule has 3 amide bonds. The van der Waals surface area contributed by atoms with Gasteiger partial charge in [-0.1, -0.05) is 18.2 Å². The number of hydrogen-bond donors (Lipinski definition) is 1. The summed E-state index contributed by atoms with van der Waals surface area (Å²) in [5, 5.41) is 2.53. The lowest BCUT2D eigenvalue weighted by molar-refractivity contribution is -0.138. The molecule has 0 aliphatic carbocycles. The van der Waals surface area contributed by atoms with Crippen LogP contribution in [0.4, 0.5) is 5.69 Å². The quantitative estimate of drug-likeness (QED) is 0.630. The molecule has 0 spiro atoms. The average molecular weight is 457 g/mol. The Balaban J connectivity index is 1.69. The number of sulfonamides is 1. The summed E-state index contributed by atoms with van der Waals surface area (Å²) in [4.78, 5) is 37.9. The van der Waals surface area contributed by atoms with Crippen molar-refractivity contribution < 1.29 is 27.5 Å². The van der Waals surface area contributed by atoms with Crippen LogP contribution in [0.3, 0.4) is 0 Å². The van der Waals surface area contributed by atoms with Gasteiger partial charge in [-0.05, 0) is 12.1 Å². The summed E-state index contributed by atoms with van der Waals surface area (Å²) in [6, 6.07) is 2.63. The number of halogens is 1. The maximum absolute atomic E-state index is 13.1. The second-order valence-electron chi connectivity index (χ2n) is 6.80. The molecule has 0 unspecified atom stereocenters. The smallest absolute Gasteiger partial charge is 0.262 e. The van der Waals surface area contributed by atoms with Crippen molar-refractivity contribution >= 4 is 45.0 Å². The number of fused-ring (bicyclic) bond motifs is 1. The fraction of sp³-hybridized carbons (Fsp3) is 0.389. The van der Waals surface area contributed by atoms with Gasteiger partial charge in [-0.15, -0.1) is 0 Å². The average Bonchev–Trinajstić information content (AvgIpc) is 2.72. The number of nitrogens with zero attached hydrogens (tertiary/aromatic N) is 3. The summed E-state index contributed by atoms with van der Waals surface area (Å²) in [5.41, 5.74) is 0.309. The first-order valence-corrected chi connectivity index (χ1v) is 10.9. The number of carbonyl (C=O) groups excluding carboxylic acids is 3. The van der Waals surface area contributed by atoms with Gasteiger partial charge in [0.2, 0.25) is 21.8 Å². The number of rotatable bonds is 5. The van der Waals surface area contributed by atoms with Crippen molar-refractivity contribution in [1.29, 1.82) is 0 Å². The molecule has 2 aliphatic heterocycles. The van der Waals surface area contributed by atoms with Crippen molar-refractivity contribution in [3.05, 3.63) is 29.8 Å². The second kappa shape index (κ2) is 8.62. The van der Waals surface area contributed by atoms with Crippen molar-refractivity contribution in [2.24, 2.45) is 0 Å². The van der Waals surface area contributed by atoms with Crippen LogP contribution < -0.4 is 10.1 Å². The molecule has 1 saturated heterocycles. The Morgan fingerprint density at radius 1 is 1.30 bits per heavy atom. The van der Waals surface area contributed by atoms with E-state index >= 15 is 0 Å². The van der Waals surface area contributed by atoms with Crippen molar-refractivity contribution in [3.8, 4) is 5.75 Å². The molecule has 0 aromatic heterocycles. The highest BCUT2D eigenvalue weighted by Crippen LogP contribution is 2.36. The molecule has 3 rings (SSSR count). The lowest BCUT2D eigenvalue weighted by Crippen LogP contribution is -2.52. The molecule has 30 heavy (non-hydrogen) atoms. The normalized spacial score (nSPS) is 16.9. The van der Waals surface area contributed by atoms with E-state index in [4.69, 9.17) is 16.3 Å². The van der Waals surface area contributed by atoms with Crippen molar-refractivity contribution in [1.82, 2.24) is 14.1 Å². The van der Waals surface area contributed by atoms with Crippen molar-refractivity contribution in [3.63, 3.8) is 0 Å². The highest BCUT2D eigenvalue weighted by molar-refractivity contribution is 7.89. The molecule has 0 radical (unpaired) electrons. The van der Waals surface area contributed by atoms with E-state index < -0.39 is 10.0 Å². The fourth-order valence-corrected chi connectivity index (χ4v) is 5.07. The highest BCUT2D eigenvalue weighted by Gasteiger charge is 2.33. The van der Waals surface area contributed by atoms with Gasteiger partial charge in [-0.25, -0.2) is 8.42 Å². The second-order valence-corrected chi connectivity index (χ2v) is 9.11. The molecule has 10 nitrogen and oxygen atoms in total. The number of amides is 3. The minimum Gasteiger partial charge on any atom is -0.482 e. The van der Waals surface area contributed by atoms with Crippen LogP contribution in [-0.2, 0) is 24.4 Å². The van der Waals surface area contributed by atoms with Crippen LogP contribution >= 0.6 is 11.6 Å². The van der Waals surface area contributed by atoms with Crippen molar-refractivity contribution in [2.45, 2.75) is 4.90 Å². The largest absolute Gasteiger partial charge is 0.482 e. The van der Waals surface area contributed by atoms with Gasteiger partial charge < -0.3 is 19.9 Å². The molecule has 0 bridgehead atoms. The summed E-state index contributed by atoms with van der Waals surface area (Å²) >= 11 is 6.17. The lowest BCUT2D eigenvalue weighted by atomic mass is 10.2. The summed E-state index contributed by atoms with van der Waals surface area (Å²) in [6.07, 6.45) is 1.12. The summed E-state index contributed by atoms with van der Waals surface area (Å²) < 4.78 is 32.7. The molecule has 162 valence electrons. The third-order valence-electron chi connectivity index (χ3n) is 4.80. The molecule has 1 N–H and O–H groups in total. The molecule has 0 atom stereocenters. The molecule has 0 saturated carbocycles. The predicted octanol–water partition coefficient (Wildman–Crippen LogP) is 0.148. The monoisotopic (exact) mass is 456 g/mol. The van der Waals surface area contributed by atoms with Gasteiger partial charge in [0, 0.05) is 39.3 Å². The Morgan fingerprint density at radius 2 is 1.97 bits per heavy atom. The number of carbonyl (C=O) groups is 3. The van der Waals surface area contributed by atoms with E-state index in [-0.39, 0.29) is 72.7 Å². The minimum absolute atomic E-state index is 0.0392. The lowest BCUT2D eigenvalue weighted by Gasteiger charge is -2.35. The number of hydrogen-bond acceptors (Lipinski definition) is 6. The molecule has 1 fully saturated rings. The molecule has 2 aliphatic rings. The Hall–Kier alpha value is -2.63. The Bertz CT molecular complexity index is 1000. The Kier molecular flexibility index (Phi) is 6.34. The van der Waals surface area contributed by atoms with E-state index in [1.807, 2.05) is 0 Å². The van der Waals surface area contributed by atoms with Crippen LogP contribution in [-0.4, -0.2) is 86.6 Å². The van der Waals surface area contributed by atoms with Crippen LogP contribution in [0.1, 0.15) is 0 Å². The first-order valence-electron chi connectivity index (χ1n) is 9.05. The standard InChI is InChI=1S/C18H21ClN4O6S/c1-3-17(25)21(2)10-18(26)22-4-6-23(7-5-22)30(27,28)15-9-14-13(8-12(15)19)20-16(24)11-29-14/h3,8-9H,1,4-7,10-11H2,2H3,(H,20,24). The van der Waals surface area contributed by atoms with Gasteiger partial charge in [-0.2, -0.15) is 4.31 Å². The van der Waals surface area contributed by atoms with E-state index in [9.17, 15) is 22.8 Å². The minimum atomic E-state index is -3.94. The van der Waals surface area contributed by atoms with E-state index in [1.165, 1.54) is 33.3 Å². The van der Waals surface area contributed by atoms with Gasteiger partial charge >= 0.3 is 0 Å². The SMILES string of the molecule is C=CC(=O)N(C)CC(=O)N1CCN(S(=O)(=O)c2cc3c(cc2Cl)NC(=O)CO3)CC1. The zero-order valence-corrected chi connectivity index (χ0v) is 17.8. The first-order chi connectivity index (χ1) is 14.1. The predicted molar refractivity (Wildman–Crippen MR) is 109 cm³/mol. The Labute approximate surface area is 179 Å². The number of anilines is 1. The number of nitrogens with one attached hydrogen (secondary N) is 1. The maximum Gasteiger partial charge on any atom is 0.262 e. The van der Waals surface area contributed by atoms with Gasteiger partial charge in [0.1, 0.15) is 10.6 Å². The van der Waals surface area contributed by atoms with Gasteiger partial charge in [-0.3, -0.25) is 14.4 Å². The van der Waals surface area contributed by atoms with Crippen LogP contribution in [0.25, 0.3) is 0 Å². The van der Waals surface area contributed by atoms with Gasteiger partial charge in [0.05, 0.1) is 17.3 Å². The van der Waals surface area contributed by atoms with Crippen LogP contribution in [0.5, 0.6) is 5.75 Å². The molecular formula is C18H21ClN4O6S. The summed E-state index contributed by atoms with van der Waals surface area (Å²) in [7, 11) is -2.45. The van der Waals surface area contributed by atoms with Crippen LogP contribution in [0.15, 0.2) is 29.7 Å². The highest BCUT2D eigenvalue weighted by atomic mass is 35.5. The maximum atomic E-state index is 13.1. The summed E-state index contributed by atoms with van der Waals surface area (Å²) in [5.74, 6) is -0.776. The zero-order chi connectivity index (χ0) is 22.1. The van der Waals surface area contributed by atoms with E-state index in [0.717, 1.165) is 6.08 Å². The van der Waals surface area contributed by atoms with Gasteiger partial charge in [0.15, 0.2) is 6.61 Å². The number of piperazine rings is 1. The number of benzene rings is 1. The molecule has 12 heteroatoms. The third-order valence-corrected chi connectivity index (χ3v) is 7.16. The van der Waals surface area contributed by atoms with Gasteiger partial charge in [0.25, 0.3) is 5.91 Å². The molecule has 1 aromatic rings. The van der Waals surface area contributed by atoms with E-state index in [0.29, 0.717) is 5.69 Å². The molecular weight excluding hydrogens is 436 g/mol.